The summed E-state index contributed by atoms with van der Waals surface area (Å²) in [4.78, 5) is 65.1. The number of hydrogen-bond acceptors (Lipinski definition) is 7. The van der Waals surface area contributed by atoms with Gasteiger partial charge in [-0.05, 0) is 98.9 Å². The molecule has 0 unspecified atom stereocenters. The van der Waals surface area contributed by atoms with E-state index in [2.05, 4.69) is 43.2 Å². The molecule has 71 heavy (non-hydrogen) atoms. The number of aryl methyl sites for hydroxylation is 2. The van der Waals surface area contributed by atoms with Crippen molar-refractivity contribution in [1.29, 1.82) is 0 Å². The maximum atomic E-state index is 13.8. The second-order valence-corrected chi connectivity index (χ2v) is 18.7. The number of unbranched alkanes of at least 4 members (excludes halogenated alkanes) is 2. The van der Waals surface area contributed by atoms with Crippen LogP contribution in [-0.2, 0) is 25.9 Å². The lowest BCUT2D eigenvalue weighted by Gasteiger charge is -2.24. The van der Waals surface area contributed by atoms with Crippen LogP contribution in [0.5, 0.6) is 0 Å². The van der Waals surface area contributed by atoms with Crippen LogP contribution in [0.2, 0.25) is 10.0 Å². The molecule has 2 aromatic heterocycles. The van der Waals surface area contributed by atoms with Gasteiger partial charge in [0.15, 0.2) is 23.0 Å². The zero-order valence-electron chi connectivity index (χ0n) is 41.5. The summed E-state index contributed by atoms with van der Waals surface area (Å²) in [5.41, 5.74) is 9.57. The Kier molecular flexibility index (Phi) is 20.4. The molecule has 0 radical (unpaired) electrons. The Morgan fingerprint density at radius 3 is 1.55 bits per heavy atom. The topological polar surface area (TPSA) is 169 Å². The SMILES string of the molecule is CCCCN(C(=O)c1cccc(Cl)c1)c1nc2n(c1C(=O)N[C@H](CC)c1ccccc1)CCCC2.CCCCN(C(=O)c1cccc(Cl)c1)c1nc2n(c1C(=O)O)CCCC2.CC[C@@H](N)c1ccccc1.[HH]. The van der Waals surface area contributed by atoms with Crippen molar-refractivity contribution < 1.29 is 25.7 Å². The number of rotatable bonds is 17. The number of nitrogens with zero attached hydrogens (tertiary/aromatic N) is 6. The number of hydrogen-bond donors (Lipinski definition) is 3. The second-order valence-electron chi connectivity index (χ2n) is 17.8. The molecule has 6 aromatic rings. The van der Waals surface area contributed by atoms with Gasteiger partial charge in [-0.15, -0.1) is 0 Å². The molecule has 0 spiro atoms. The molecular weight excluding hydrogens is 936 g/mol. The van der Waals surface area contributed by atoms with Gasteiger partial charge >= 0.3 is 5.97 Å². The van der Waals surface area contributed by atoms with Crippen LogP contribution in [0.15, 0.2) is 109 Å². The van der Waals surface area contributed by atoms with Crippen molar-refractivity contribution in [1.82, 2.24) is 24.4 Å². The number of benzene rings is 4. The number of imidazole rings is 2. The fraction of sp³-hybridized carbons (Fsp3) is 0.393. The number of amides is 3. The Balaban J connectivity index is 0.000000228. The van der Waals surface area contributed by atoms with Crippen LogP contribution in [0.4, 0.5) is 11.6 Å². The van der Waals surface area contributed by atoms with Crippen molar-refractivity contribution in [2.45, 2.75) is 130 Å². The van der Waals surface area contributed by atoms with E-state index in [0.717, 1.165) is 101 Å². The fourth-order valence-electron chi connectivity index (χ4n) is 8.82. The molecule has 2 atom stereocenters. The Morgan fingerprint density at radius 2 is 1.11 bits per heavy atom. The molecule has 0 bridgehead atoms. The zero-order chi connectivity index (χ0) is 50.9. The van der Waals surface area contributed by atoms with Gasteiger partial charge in [0.2, 0.25) is 0 Å². The molecule has 3 amide bonds. The fourth-order valence-corrected chi connectivity index (χ4v) is 9.20. The first-order valence-corrected chi connectivity index (χ1v) is 25.9. The third-order valence-electron chi connectivity index (χ3n) is 12.7. The maximum Gasteiger partial charge on any atom is 0.356 e. The largest absolute Gasteiger partial charge is 0.476 e. The molecule has 15 heteroatoms. The van der Waals surface area contributed by atoms with Crippen LogP contribution >= 0.6 is 23.2 Å². The number of carboxylic acids is 1. The van der Waals surface area contributed by atoms with E-state index >= 15 is 0 Å². The molecule has 8 rings (SSSR count). The van der Waals surface area contributed by atoms with E-state index in [1.54, 1.807) is 58.0 Å². The van der Waals surface area contributed by atoms with E-state index in [1.165, 1.54) is 10.5 Å². The number of nitrogens with two attached hydrogens (primary N) is 1. The van der Waals surface area contributed by atoms with Gasteiger partial charge in [-0.2, -0.15) is 0 Å². The molecule has 4 heterocycles. The molecule has 4 N–H and O–H groups in total. The Bertz CT molecular complexity index is 2710. The Labute approximate surface area is 429 Å². The summed E-state index contributed by atoms with van der Waals surface area (Å²) in [6.45, 7) is 10.5. The molecular formula is C56H70Cl2N8O5. The lowest BCUT2D eigenvalue weighted by atomic mass is 10.0. The predicted molar refractivity (Wildman–Crippen MR) is 286 cm³/mol. The van der Waals surface area contributed by atoms with Gasteiger partial charge in [0, 0.05) is 67.7 Å². The standard InChI is InChI=1S/C28H33ClN4O2.C19H22ClN3O3.C9H13N.H2/c1-3-5-17-33(28(35)21-14-11-15-22(29)19-21)26-25(32-18-10-9-16-24(32)31-26)27(34)30-23(4-2)20-12-7-6-8-13-20;1-2-3-10-23(18(24)13-7-6-8-14(20)12-13)17-16(19(25)26)22-11-5-4-9-15(22)21-17;1-2-9(10)8-6-4-3-5-7-8;/h6-8,11-15,19,23H,3-5,9-10,16-18H2,1-2H3,(H,30,34);6-8,12H,2-5,9-11H2,1H3,(H,25,26);3-7,9H,2,10H2,1H3;1H/t23-;;9-;/m1.1./s1. The number of nitrogens with one attached hydrogen (secondary N) is 1. The van der Waals surface area contributed by atoms with Crippen molar-refractivity contribution in [2.24, 2.45) is 5.73 Å². The number of anilines is 2. The molecule has 0 aliphatic carbocycles. The first-order valence-electron chi connectivity index (χ1n) is 25.1. The van der Waals surface area contributed by atoms with Crippen LogP contribution in [0.1, 0.15) is 170 Å². The van der Waals surface area contributed by atoms with Gasteiger partial charge in [-0.25, -0.2) is 14.8 Å². The number of aromatic nitrogens is 4. The number of fused-ring (bicyclic) bond motifs is 2. The number of carbonyl (C=O) groups excluding carboxylic acids is 3. The average molecular weight is 1010 g/mol. The van der Waals surface area contributed by atoms with Gasteiger partial charge < -0.3 is 25.3 Å². The zero-order valence-corrected chi connectivity index (χ0v) is 43.0. The summed E-state index contributed by atoms with van der Waals surface area (Å²) in [5.74, 6) is 0.569. The smallest absolute Gasteiger partial charge is 0.356 e. The summed E-state index contributed by atoms with van der Waals surface area (Å²) in [6.07, 6.45) is 10.5. The van der Waals surface area contributed by atoms with Gasteiger partial charge in [0.25, 0.3) is 17.7 Å². The number of carboxylic acid groups (broad SMARTS) is 1. The van der Waals surface area contributed by atoms with E-state index in [1.807, 2.05) is 60.0 Å². The maximum absolute atomic E-state index is 13.8. The van der Waals surface area contributed by atoms with Gasteiger partial charge in [-0.3, -0.25) is 24.2 Å². The molecule has 0 saturated carbocycles. The number of aromatic carboxylic acids is 1. The minimum atomic E-state index is -1.05. The predicted octanol–water partition coefficient (Wildman–Crippen LogP) is 12.6. The Morgan fingerprint density at radius 1 is 0.648 bits per heavy atom. The van der Waals surface area contributed by atoms with Crippen molar-refractivity contribution in [3.8, 4) is 0 Å². The van der Waals surface area contributed by atoms with E-state index in [0.29, 0.717) is 52.3 Å². The first-order chi connectivity index (χ1) is 34.4. The monoisotopic (exact) mass is 1000 g/mol. The van der Waals surface area contributed by atoms with Gasteiger partial charge in [-0.1, -0.05) is 137 Å². The molecule has 378 valence electrons. The molecule has 2 aliphatic heterocycles. The van der Waals surface area contributed by atoms with Crippen molar-refractivity contribution in [3.05, 3.63) is 165 Å². The highest BCUT2D eigenvalue weighted by Crippen LogP contribution is 2.31. The summed E-state index contributed by atoms with van der Waals surface area (Å²) >= 11 is 12.2. The Hall–Kier alpha value is -6.28. The van der Waals surface area contributed by atoms with Gasteiger partial charge in [0.1, 0.15) is 11.6 Å². The lowest BCUT2D eigenvalue weighted by molar-refractivity contribution is 0.0684. The average Bonchev–Trinajstić information content (AvgIpc) is 3.98. The van der Waals surface area contributed by atoms with Crippen LogP contribution < -0.4 is 20.9 Å². The summed E-state index contributed by atoms with van der Waals surface area (Å²) in [5, 5.41) is 13.9. The normalized spacial score (nSPS) is 13.5. The van der Waals surface area contributed by atoms with Crippen molar-refractivity contribution in [2.75, 3.05) is 22.9 Å². The highest BCUT2D eigenvalue weighted by Gasteiger charge is 2.33. The highest BCUT2D eigenvalue weighted by molar-refractivity contribution is 6.31. The van der Waals surface area contributed by atoms with E-state index < -0.39 is 5.97 Å². The van der Waals surface area contributed by atoms with Crippen LogP contribution in [0.25, 0.3) is 0 Å². The van der Waals surface area contributed by atoms with Crippen molar-refractivity contribution in [3.63, 3.8) is 0 Å². The van der Waals surface area contributed by atoms with E-state index in [9.17, 15) is 24.3 Å². The third kappa shape index (κ3) is 14.0. The minimum Gasteiger partial charge on any atom is -0.476 e. The van der Waals surface area contributed by atoms with Gasteiger partial charge in [0.05, 0.1) is 6.04 Å². The first kappa shape index (κ1) is 54.1. The minimum absolute atomic E-state index is 0. The number of carbonyl (C=O) groups is 4. The molecule has 2 aliphatic rings. The third-order valence-corrected chi connectivity index (χ3v) is 13.2. The lowest BCUT2D eigenvalue weighted by Crippen LogP contribution is -2.36. The summed E-state index contributed by atoms with van der Waals surface area (Å²) in [6, 6.07) is 33.9. The molecule has 13 nitrogen and oxygen atoms in total. The van der Waals surface area contributed by atoms with Crippen molar-refractivity contribution >= 4 is 58.5 Å². The van der Waals surface area contributed by atoms with E-state index in [-0.39, 0.29) is 42.7 Å². The van der Waals surface area contributed by atoms with Crippen LogP contribution in [0, 0.1) is 0 Å². The molecule has 0 fully saturated rings. The summed E-state index contributed by atoms with van der Waals surface area (Å²) < 4.78 is 3.75. The van der Waals surface area contributed by atoms with Crippen LogP contribution in [0.3, 0.4) is 0 Å². The number of halogens is 2. The molecule has 0 saturated heterocycles. The summed E-state index contributed by atoms with van der Waals surface area (Å²) in [7, 11) is 0. The highest BCUT2D eigenvalue weighted by atomic mass is 35.5. The van der Waals surface area contributed by atoms with E-state index in [4.69, 9.17) is 33.9 Å². The second kappa shape index (κ2) is 26.8. The quantitative estimate of drug-likeness (QED) is 0.0811. The van der Waals surface area contributed by atoms with Crippen LogP contribution in [-0.4, -0.2) is 61.0 Å². The molecule has 4 aromatic carbocycles.